The molecular formula is C19H23FN4O2S. The van der Waals surface area contributed by atoms with E-state index in [-0.39, 0.29) is 17.5 Å². The third-order valence-corrected chi connectivity index (χ3v) is 4.86. The van der Waals surface area contributed by atoms with Gasteiger partial charge in [-0.05, 0) is 49.9 Å². The van der Waals surface area contributed by atoms with E-state index in [1.807, 2.05) is 13.8 Å². The lowest BCUT2D eigenvalue weighted by atomic mass is 10.1. The molecule has 0 fully saturated rings. The Morgan fingerprint density at radius 3 is 2.33 bits per heavy atom. The molecule has 0 spiro atoms. The highest BCUT2D eigenvalue weighted by atomic mass is 32.2. The lowest BCUT2D eigenvalue weighted by Crippen LogP contribution is -2.26. The third-order valence-electron chi connectivity index (χ3n) is 3.99. The number of benzene rings is 1. The zero-order chi connectivity index (χ0) is 19.8. The van der Waals surface area contributed by atoms with Gasteiger partial charge in [0.25, 0.3) is 0 Å². The molecule has 0 bridgehead atoms. The number of halogens is 1. The number of thioether (sulfide) groups is 1. The van der Waals surface area contributed by atoms with Crippen LogP contribution < -0.4 is 11.1 Å². The zero-order valence-electron chi connectivity index (χ0n) is 15.4. The van der Waals surface area contributed by atoms with E-state index in [9.17, 15) is 14.0 Å². The summed E-state index contributed by atoms with van der Waals surface area (Å²) in [6, 6.07) is 6.24. The van der Waals surface area contributed by atoms with Crippen LogP contribution in [-0.4, -0.2) is 34.1 Å². The number of aromatic nitrogens is 2. The van der Waals surface area contributed by atoms with Gasteiger partial charge in [-0.3, -0.25) is 9.59 Å². The van der Waals surface area contributed by atoms with Crippen molar-refractivity contribution < 1.29 is 14.0 Å². The van der Waals surface area contributed by atoms with E-state index in [2.05, 4.69) is 15.3 Å². The molecule has 2 amide bonds. The molecule has 0 atom stereocenters. The number of amides is 2. The highest BCUT2D eigenvalue weighted by Gasteiger charge is 2.11. The van der Waals surface area contributed by atoms with Crippen LogP contribution in [0.2, 0.25) is 0 Å². The Morgan fingerprint density at radius 2 is 1.74 bits per heavy atom. The molecule has 8 heteroatoms. The van der Waals surface area contributed by atoms with Gasteiger partial charge in [0.1, 0.15) is 5.82 Å². The van der Waals surface area contributed by atoms with Crippen LogP contribution in [-0.2, 0) is 22.4 Å². The molecule has 0 aliphatic rings. The van der Waals surface area contributed by atoms with Crippen LogP contribution in [0.4, 0.5) is 4.39 Å². The molecule has 27 heavy (non-hydrogen) atoms. The average Bonchev–Trinajstić information content (AvgIpc) is 2.61. The van der Waals surface area contributed by atoms with Crippen LogP contribution in [0.3, 0.4) is 0 Å². The Bertz CT molecular complexity index is 789. The van der Waals surface area contributed by atoms with Gasteiger partial charge >= 0.3 is 0 Å². The summed E-state index contributed by atoms with van der Waals surface area (Å²) in [7, 11) is 0. The Morgan fingerprint density at radius 1 is 1.11 bits per heavy atom. The molecule has 1 heterocycles. The predicted octanol–water partition coefficient (Wildman–Crippen LogP) is 2.10. The number of rotatable bonds is 9. The number of nitrogens with one attached hydrogen (secondary N) is 1. The molecule has 1 aromatic heterocycles. The molecule has 0 saturated heterocycles. The smallest absolute Gasteiger partial charge is 0.227 e. The Labute approximate surface area is 162 Å². The van der Waals surface area contributed by atoms with Crippen LogP contribution in [0.1, 0.15) is 28.9 Å². The zero-order valence-corrected chi connectivity index (χ0v) is 16.2. The van der Waals surface area contributed by atoms with Crippen molar-refractivity contribution >= 4 is 23.6 Å². The molecule has 0 aliphatic carbocycles. The largest absolute Gasteiger partial charge is 0.369 e. The summed E-state index contributed by atoms with van der Waals surface area (Å²) in [6.07, 6.45) is 1.53. The fourth-order valence-electron chi connectivity index (χ4n) is 2.59. The van der Waals surface area contributed by atoms with E-state index in [1.165, 1.54) is 23.9 Å². The number of nitrogens with two attached hydrogens (primary N) is 1. The monoisotopic (exact) mass is 390 g/mol. The van der Waals surface area contributed by atoms with Gasteiger partial charge in [-0.15, -0.1) is 0 Å². The van der Waals surface area contributed by atoms with Crippen LogP contribution in [0, 0.1) is 19.7 Å². The van der Waals surface area contributed by atoms with Gasteiger partial charge in [0.05, 0.1) is 5.75 Å². The maximum Gasteiger partial charge on any atom is 0.227 e. The SMILES string of the molecule is Cc1nc(SCC(N)=O)nc(C)c1CCC(=O)NCCc1ccc(F)cc1. The number of primary amides is 1. The molecule has 0 aliphatic heterocycles. The molecule has 0 saturated carbocycles. The second-order valence-electron chi connectivity index (χ2n) is 6.14. The number of hydrogen-bond acceptors (Lipinski definition) is 5. The van der Waals surface area contributed by atoms with E-state index in [0.29, 0.717) is 31.0 Å². The lowest BCUT2D eigenvalue weighted by Gasteiger charge is -2.11. The first kappa shape index (κ1) is 20.8. The van der Waals surface area contributed by atoms with Crippen molar-refractivity contribution in [2.45, 2.75) is 38.3 Å². The highest BCUT2D eigenvalue weighted by Crippen LogP contribution is 2.18. The summed E-state index contributed by atoms with van der Waals surface area (Å²) in [5.41, 5.74) is 8.64. The first-order valence-corrected chi connectivity index (χ1v) is 9.60. The van der Waals surface area contributed by atoms with E-state index < -0.39 is 5.91 Å². The molecule has 0 unspecified atom stereocenters. The van der Waals surface area contributed by atoms with Crippen molar-refractivity contribution in [3.05, 3.63) is 52.6 Å². The number of aryl methyl sites for hydroxylation is 2. The fourth-order valence-corrected chi connectivity index (χ4v) is 3.27. The Hall–Kier alpha value is -2.48. The van der Waals surface area contributed by atoms with Gasteiger partial charge < -0.3 is 11.1 Å². The quantitative estimate of drug-likeness (QED) is 0.505. The van der Waals surface area contributed by atoms with Gasteiger partial charge in [-0.25, -0.2) is 14.4 Å². The van der Waals surface area contributed by atoms with Gasteiger partial charge in [0.15, 0.2) is 5.16 Å². The fraction of sp³-hybridized carbons (Fsp3) is 0.368. The van der Waals surface area contributed by atoms with Gasteiger partial charge in [-0.1, -0.05) is 23.9 Å². The van der Waals surface area contributed by atoms with Crippen molar-refractivity contribution in [1.29, 1.82) is 0 Å². The molecule has 6 nitrogen and oxygen atoms in total. The molecule has 144 valence electrons. The van der Waals surface area contributed by atoms with Crippen LogP contribution >= 0.6 is 11.8 Å². The average molecular weight is 390 g/mol. The minimum atomic E-state index is -0.416. The number of hydrogen-bond donors (Lipinski definition) is 2. The van der Waals surface area contributed by atoms with E-state index in [4.69, 9.17) is 5.73 Å². The summed E-state index contributed by atoms with van der Waals surface area (Å²) < 4.78 is 12.9. The number of nitrogens with zero attached hydrogens (tertiary/aromatic N) is 2. The maximum atomic E-state index is 12.9. The standard InChI is InChI=1S/C19H23FN4O2S/c1-12-16(13(2)24-19(23-12)27-11-17(21)25)7-8-18(26)22-10-9-14-3-5-15(20)6-4-14/h3-6H,7-11H2,1-2H3,(H2,21,25)(H,22,26). The highest BCUT2D eigenvalue weighted by molar-refractivity contribution is 7.99. The van der Waals surface area contributed by atoms with E-state index in [0.717, 1.165) is 22.5 Å². The molecule has 2 aromatic rings. The van der Waals surface area contributed by atoms with Crippen LogP contribution in [0.15, 0.2) is 29.4 Å². The third kappa shape index (κ3) is 6.97. The minimum absolute atomic E-state index is 0.0527. The predicted molar refractivity (Wildman–Crippen MR) is 103 cm³/mol. The van der Waals surface area contributed by atoms with Crippen molar-refractivity contribution in [3.63, 3.8) is 0 Å². The van der Waals surface area contributed by atoms with Crippen molar-refractivity contribution in [1.82, 2.24) is 15.3 Å². The second kappa shape index (κ2) is 10.0. The first-order valence-electron chi connectivity index (χ1n) is 8.61. The maximum absolute atomic E-state index is 12.9. The number of carbonyl (C=O) groups is 2. The second-order valence-corrected chi connectivity index (χ2v) is 7.08. The summed E-state index contributed by atoms with van der Waals surface area (Å²) in [5.74, 6) is -0.604. The van der Waals surface area contributed by atoms with Gasteiger partial charge in [0.2, 0.25) is 11.8 Å². The first-order chi connectivity index (χ1) is 12.8. The molecular weight excluding hydrogens is 367 g/mol. The Kier molecular flexibility index (Phi) is 7.72. The molecule has 0 radical (unpaired) electrons. The van der Waals surface area contributed by atoms with Crippen molar-refractivity contribution in [2.24, 2.45) is 5.73 Å². The van der Waals surface area contributed by atoms with Crippen LogP contribution in [0.25, 0.3) is 0 Å². The topological polar surface area (TPSA) is 98.0 Å². The summed E-state index contributed by atoms with van der Waals surface area (Å²) in [6.45, 7) is 4.23. The Balaban J connectivity index is 1.81. The van der Waals surface area contributed by atoms with E-state index >= 15 is 0 Å². The summed E-state index contributed by atoms with van der Waals surface area (Å²) in [4.78, 5) is 31.7. The van der Waals surface area contributed by atoms with Crippen molar-refractivity contribution in [2.75, 3.05) is 12.3 Å². The minimum Gasteiger partial charge on any atom is -0.369 e. The summed E-state index contributed by atoms with van der Waals surface area (Å²) >= 11 is 1.20. The van der Waals surface area contributed by atoms with Crippen molar-refractivity contribution in [3.8, 4) is 0 Å². The number of carbonyl (C=O) groups excluding carboxylic acids is 2. The molecule has 1 aromatic carbocycles. The normalized spacial score (nSPS) is 10.6. The molecule has 3 N–H and O–H groups in total. The van der Waals surface area contributed by atoms with Gasteiger partial charge in [-0.2, -0.15) is 0 Å². The summed E-state index contributed by atoms with van der Waals surface area (Å²) in [5, 5.41) is 3.38. The van der Waals surface area contributed by atoms with Crippen LogP contribution in [0.5, 0.6) is 0 Å². The lowest BCUT2D eigenvalue weighted by molar-refractivity contribution is -0.121. The van der Waals surface area contributed by atoms with Gasteiger partial charge in [0, 0.05) is 24.4 Å². The van der Waals surface area contributed by atoms with E-state index in [1.54, 1.807) is 12.1 Å². The molecule has 2 rings (SSSR count).